The molecule has 4 aromatic rings. The van der Waals surface area contributed by atoms with Gasteiger partial charge in [-0.2, -0.15) is 10.2 Å². The number of rotatable bonds is 6. The van der Waals surface area contributed by atoms with Crippen LogP contribution in [0.25, 0.3) is 0 Å². The highest BCUT2D eigenvalue weighted by atomic mass is 35.5. The summed E-state index contributed by atoms with van der Waals surface area (Å²) in [6, 6.07) is 17.4. The Morgan fingerprint density at radius 2 is 1.80 bits per heavy atom. The average Bonchev–Trinajstić information content (AvgIpc) is 3.34. The van der Waals surface area contributed by atoms with Crippen molar-refractivity contribution >= 4 is 52.0 Å². The molecular weight excluding hydrogens is 439 g/mol. The van der Waals surface area contributed by atoms with E-state index in [0.717, 1.165) is 11.3 Å². The SMILES string of the molecule is S=C(Nc1cnn(Cc2ccccc2)c1)Nc1ccn(Cc2ccc(Cl)cc2Cl)n1. The Labute approximate surface area is 189 Å². The second-order valence-corrected chi connectivity index (χ2v) is 7.88. The number of nitrogens with one attached hydrogen (secondary N) is 2. The van der Waals surface area contributed by atoms with Crippen LogP contribution in [-0.2, 0) is 13.1 Å². The summed E-state index contributed by atoms with van der Waals surface area (Å²) in [5.41, 5.74) is 2.91. The van der Waals surface area contributed by atoms with Crippen LogP contribution in [0.15, 0.2) is 73.2 Å². The molecule has 0 saturated carbocycles. The number of thiocarbonyl (C=S) groups is 1. The molecule has 4 rings (SSSR count). The van der Waals surface area contributed by atoms with E-state index in [2.05, 4.69) is 33.0 Å². The predicted molar refractivity (Wildman–Crippen MR) is 125 cm³/mol. The standard InChI is InChI=1S/C21H18Cl2N6S/c22-17-7-6-16(19(23)10-17)13-28-9-8-20(27-28)26-21(30)25-18-11-24-29(14-18)12-15-4-2-1-3-5-15/h1-11,14H,12-13H2,(H2,25,26,27,30). The molecule has 30 heavy (non-hydrogen) atoms. The predicted octanol–water partition coefficient (Wildman–Crippen LogP) is 5.29. The molecule has 2 aromatic heterocycles. The highest BCUT2D eigenvalue weighted by molar-refractivity contribution is 7.80. The zero-order chi connectivity index (χ0) is 20.9. The Morgan fingerprint density at radius 3 is 2.60 bits per heavy atom. The lowest BCUT2D eigenvalue weighted by Crippen LogP contribution is -2.19. The van der Waals surface area contributed by atoms with Crippen LogP contribution in [0.1, 0.15) is 11.1 Å². The normalized spacial score (nSPS) is 10.7. The van der Waals surface area contributed by atoms with Gasteiger partial charge in [-0.3, -0.25) is 9.36 Å². The summed E-state index contributed by atoms with van der Waals surface area (Å²) in [5, 5.41) is 16.7. The van der Waals surface area contributed by atoms with Crippen molar-refractivity contribution < 1.29 is 0 Å². The molecule has 0 unspecified atom stereocenters. The van der Waals surface area contributed by atoms with Gasteiger partial charge in [0.05, 0.1) is 25.0 Å². The Kier molecular flexibility index (Phi) is 6.32. The molecule has 0 fully saturated rings. The smallest absolute Gasteiger partial charge is 0.176 e. The zero-order valence-corrected chi connectivity index (χ0v) is 18.1. The van der Waals surface area contributed by atoms with Gasteiger partial charge < -0.3 is 10.6 Å². The number of halogens is 2. The highest BCUT2D eigenvalue weighted by Gasteiger charge is 2.07. The van der Waals surface area contributed by atoms with E-state index in [1.165, 1.54) is 5.56 Å². The molecule has 2 N–H and O–H groups in total. The number of benzene rings is 2. The van der Waals surface area contributed by atoms with Crippen molar-refractivity contribution in [3.8, 4) is 0 Å². The molecule has 152 valence electrons. The number of hydrogen-bond donors (Lipinski definition) is 2. The third kappa shape index (κ3) is 5.38. The van der Waals surface area contributed by atoms with Gasteiger partial charge in [-0.1, -0.05) is 59.6 Å². The first-order valence-corrected chi connectivity index (χ1v) is 10.3. The van der Waals surface area contributed by atoms with E-state index in [1.54, 1.807) is 16.9 Å². The fourth-order valence-corrected chi connectivity index (χ4v) is 3.60. The second kappa shape index (κ2) is 9.30. The summed E-state index contributed by atoms with van der Waals surface area (Å²) >= 11 is 17.6. The number of anilines is 2. The largest absolute Gasteiger partial charge is 0.330 e. The van der Waals surface area contributed by atoms with Crippen molar-refractivity contribution in [2.45, 2.75) is 13.1 Å². The molecule has 6 nitrogen and oxygen atoms in total. The molecule has 9 heteroatoms. The molecule has 0 saturated heterocycles. The molecule has 2 aromatic carbocycles. The summed E-state index contributed by atoms with van der Waals surface area (Å²) in [4.78, 5) is 0. The molecular formula is C21H18Cl2N6S. The van der Waals surface area contributed by atoms with Gasteiger partial charge in [0.2, 0.25) is 0 Å². The van der Waals surface area contributed by atoms with Crippen LogP contribution in [0, 0.1) is 0 Å². The first-order chi connectivity index (χ1) is 14.5. The van der Waals surface area contributed by atoms with Gasteiger partial charge in [0.15, 0.2) is 10.9 Å². The van der Waals surface area contributed by atoms with Crippen LogP contribution in [0.4, 0.5) is 11.5 Å². The Balaban J connectivity index is 1.32. The zero-order valence-electron chi connectivity index (χ0n) is 15.8. The van der Waals surface area contributed by atoms with Crippen LogP contribution in [0.2, 0.25) is 10.0 Å². The minimum absolute atomic E-state index is 0.434. The van der Waals surface area contributed by atoms with E-state index in [1.807, 2.05) is 53.5 Å². The molecule has 0 spiro atoms. The average molecular weight is 457 g/mol. The number of nitrogens with zero attached hydrogens (tertiary/aromatic N) is 4. The molecule has 0 bridgehead atoms. The minimum atomic E-state index is 0.434. The molecule has 2 heterocycles. The van der Waals surface area contributed by atoms with Gasteiger partial charge >= 0.3 is 0 Å². The van der Waals surface area contributed by atoms with E-state index in [4.69, 9.17) is 35.4 Å². The quantitative estimate of drug-likeness (QED) is 0.385. The summed E-state index contributed by atoms with van der Waals surface area (Å²) in [6.07, 6.45) is 5.49. The van der Waals surface area contributed by atoms with Crippen molar-refractivity contribution in [1.29, 1.82) is 0 Å². The van der Waals surface area contributed by atoms with E-state index < -0.39 is 0 Å². The van der Waals surface area contributed by atoms with Crippen LogP contribution in [0.3, 0.4) is 0 Å². The maximum absolute atomic E-state index is 6.23. The topological polar surface area (TPSA) is 59.7 Å². The summed E-state index contributed by atoms with van der Waals surface area (Å²) in [7, 11) is 0. The van der Waals surface area contributed by atoms with Gasteiger partial charge in [0.1, 0.15) is 0 Å². The first kappa shape index (κ1) is 20.4. The Morgan fingerprint density at radius 1 is 0.967 bits per heavy atom. The van der Waals surface area contributed by atoms with E-state index in [9.17, 15) is 0 Å². The summed E-state index contributed by atoms with van der Waals surface area (Å²) in [6.45, 7) is 1.23. The molecule has 0 radical (unpaired) electrons. The van der Waals surface area contributed by atoms with Crippen molar-refractivity contribution in [3.05, 3.63) is 94.4 Å². The fraction of sp³-hybridized carbons (Fsp3) is 0.0952. The monoisotopic (exact) mass is 456 g/mol. The fourth-order valence-electron chi connectivity index (χ4n) is 2.90. The van der Waals surface area contributed by atoms with Gasteiger partial charge in [-0.25, -0.2) is 0 Å². The Hall–Kier alpha value is -2.87. The molecule has 0 aliphatic heterocycles. The van der Waals surface area contributed by atoms with Crippen molar-refractivity contribution in [2.75, 3.05) is 10.6 Å². The van der Waals surface area contributed by atoms with Gasteiger partial charge in [0, 0.05) is 28.5 Å². The van der Waals surface area contributed by atoms with Gasteiger partial charge in [0.25, 0.3) is 0 Å². The maximum Gasteiger partial charge on any atom is 0.176 e. The lowest BCUT2D eigenvalue weighted by Gasteiger charge is -2.07. The summed E-state index contributed by atoms with van der Waals surface area (Å²) in [5.74, 6) is 0.634. The maximum atomic E-state index is 6.23. The lowest BCUT2D eigenvalue weighted by molar-refractivity contribution is 0.687. The lowest BCUT2D eigenvalue weighted by atomic mass is 10.2. The highest BCUT2D eigenvalue weighted by Crippen LogP contribution is 2.22. The number of aromatic nitrogens is 4. The van der Waals surface area contributed by atoms with Gasteiger partial charge in [-0.05, 0) is 35.5 Å². The molecule has 0 aliphatic rings. The van der Waals surface area contributed by atoms with Crippen LogP contribution < -0.4 is 10.6 Å². The molecule has 0 amide bonds. The van der Waals surface area contributed by atoms with Gasteiger partial charge in [-0.15, -0.1) is 0 Å². The molecule has 0 atom stereocenters. The third-order valence-electron chi connectivity index (χ3n) is 4.31. The summed E-state index contributed by atoms with van der Waals surface area (Å²) < 4.78 is 3.63. The molecule has 0 aliphatic carbocycles. The van der Waals surface area contributed by atoms with Crippen LogP contribution in [0.5, 0.6) is 0 Å². The van der Waals surface area contributed by atoms with Crippen LogP contribution in [-0.4, -0.2) is 24.7 Å². The Bertz CT molecular complexity index is 1160. The van der Waals surface area contributed by atoms with Crippen LogP contribution >= 0.6 is 35.4 Å². The van der Waals surface area contributed by atoms with E-state index in [0.29, 0.717) is 34.1 Å². The van der Waals surface area contributed by atoms with Crippen molar-refractivity contribution in [2.24, 2.45) is 0 Å². The second-order valence-electron chi connectivity index (χ2n) is 6.63. The van der Waals surface area contributed by atoms with E-state index in [-0.39, 0.29) is 0 Å². The minimum Gasteiger partial charge on any atom is -0.330 e. The van der Waals surface area contributed by atoms with E-state index >= 15 is 0 Å². The number of hydrogen-bond acceptors (Lipinski definition) is 3. The van der Waals surface area contributed by atoms with Crippen molar-refractivity contribution in [1.82, 2.24) is 19.6 Å². The third-order valence-corrected chi connectivity index (χ3v) is 5.10. The van der Waals surface area contributed by atoms with Crippen molar-refractivity contribution in [3.63, 3.8) is 0 Å². The first-order valence-electron chi connectivity index (χ1n) is 9.17.